The molecule has 206 valence electrons. The second-order valence-corrected chi connectivity index (χ2v) is 9.67. The molecule has 11 heteroatoms. The van der Waals surface area contributed by atoms with E-state index in [1.807, 2.05) is 25.1 Å². The SMILES string of the molecule is Cc1ccc(NC(=O)c2ccnc(C(F)(F)F)c2)cc1-c1cc(OC[C@H]2CCCN2)nc(N2CCOCC2)c1. The van der Waals surface area contributed by atoms with Crippen LogP contribution in [0.2, 0.25) is 0 Å². The summed E-state index contributed by atoms with van der Waals surface area (Å²) in [5.41, 5.74) is 1.87. The number of carbonyl (C=O) groups excluding carboxylic acids is 1. The predicted octanol–water partition coefficient (Wildman–Crippen LogP) is 4.69. The third kappa shape index (κ3) is 6.66. The largest absolute Gasteiger partial charge is 0.476 e. The number of anilines is 2. The quantitative estimate of drug-likeness (QED) is 0.449. The van der Waals surface area contributed by atoms with E-state index in [2.05, 4.69) is 20.5 Å². The van der Waals surface area contributed by atoms with Crippen molar-refractivity contribution in [2.75, 3.05) is 49.7 Å². The molecule has 2 saturated heterocycles. The monoisotopic (exact) mass is 541 g/mol. The van der Waals surface area contributed by atoms with Gasteiger partial charge in [-0.25, -0.2) is 0 Å². The van der Waals surface area contributed by atoms with E-state index >= 15 is 0 Å². The van der Waals surface area contributed by atoms with E-state index in [9.17, 15) is 18.0 Å². The third-order valence-electron chi connectivity index (χ3n) is 6.84. The zero-order chi connectivity index (χ0) is 27.4. The number of carbonyl (C=O) groups is 1. The minimum Gasteiger partial charge on any atom is -0.476 e. The molecule has 2 aliphatic rings. The van der Waals surface area contributed by atoms with Gasteiger partial charge in [-0.2, -0.15) is 18.2 Å². The molecule has 2 N–H and O–H groups in total. The maximum Gasteiger partial charge on any atom is 0.433 e. The molecule has 0 unspecified atom stereocenters. The van der Waals surface area contributed by atoms with Crippen LogP contribution in [-0.4, -0.2) is 61.4 Å². The maximum atomic E-state index is 13.1. The van der Waals surface area contributed by atoms with Crippen molar-refractivity contribution < 1.29 is 27.4 Å². The summed E-state index contributed by atoms with van der Waals surface area (Å²) < 4.78 is 50.8. The highest BCUT2D eigenvalue weighted by Crippen LogP contribution is 2.33. The number of rotatable bonds is 7. The number of hydrogen-bond donors (Lipinski definition) is 2. The molecule has 0 saturated carbocycles. The van der Waals surface area contributed by atoms with Crippen LogP contribution in [0.4, 0.5) is 24.7 Å². The van der Waals surface area contributed by atoms with E-state index in [-0.39, 0.29) is 11.6 Å². The molecule has 3 aromatic rings. The van der Waals surface area contributed by atoms with Crippen molar-refractivity contribution in [3.05, 3.63) is 65.5 Å². The van der Waals surface area contributed by atoms with Crippen LogP contribution in [0, 0.1) is 6.92 Å². The van der Waals surface area contributed by atoms with Crippen LogP contribution >= 0.6 is 0 Å². The molecule has 2 aromatic heterocycles. The van der Waals surface area contributed by atoms with Crippen molar-refractivity contribution in [2.45, 2.75) is 32.0 Å². The summed E-state index contributed by atoms with van der Waals surface area (Å²) in [7, 11) is 0. The molecule has 2 aliphatic heterocycles. The number of nitrogens with zero attached hydrogens (tertiary/aromatic N) is 3. The zero-order valence-corrected chi connectivity index (χ0v) is 21.6. The fourth-order valence-corrected chi connectivity index (χ4v) is 4.70. The zero-order valence-electron chi connectivity index (χ0n) is 21.6. The summed E-state index contributed by atoms with van der Waals surface area (Å²) in [5, 5.41) is 6.14. The highest BCUT2D eigenvalue weighted by molar-refractivity contribution is 6.04. The molecule has 8 nitrogen and oxygen atoms in total. The third-order valence-corrected chi connectivity index (χ3v) is 6.84. The number of pyridine rings is 2. The Morgan fingerprint density at radius 1 is 1.18 bits per heavy atom. The standard InChI is InChI=1S/C28H30F3N5O3/c1-18-4-5-21(34-27(37)19-6-8-33-24(13-19)28(29,30)31)16-23(18)20-14-25(36-9-11-38-12-10-36)35-26(15-20)39-17-22-3-2-7-32-22/h4-6,8,13-16,22,32H,2-3,7,9-12,17H2,1H3,(H,34,37)/t22-/m1/s1. The summed E-state index contributed by atoms with van der Waals surface area (Å²) in [6.07, 6.45) is -1.49. The summed E-state index contributed by atoms with van der Waals surface area (Å²) in [6.45, 7) is 6.09. The summed E-state index contributed by atoms with van der Waals surface area (Å²) in [6, 6.07) is 11.5. The van der Waals surface area contributed by atoms with Gasteiger partial charge in [-0.1, -0.05) is 6.07 Å². The number of alkyl halides is 3. The van der Waals surface area contributed by atoms with Gasteiger partial charge < -0.3 is 25.0 Å². The van der Waals surface area contributed by atoms with Crippen LogP contribution in [0.1, 0.15) is 34.5 Å². The van der Waals surface area contributed by atoms with Gasteiger partial charge >= 0.3 is 6.18 Å². The molecule has 1 amide bonds. The van der Waals surface area contributed by atoms with Gasteiger partial charge in [-0.05, 0) is 73.3 Å². The Morgan fingerprint density at radius 3 is 2.74 bits per heavy atom. The van der Waals surface area contributed by atoms with E-state index in [1.165, 1.54) is 6.07 Å². The maximum absolute atomic E-state index is 13.1. The van der Waals surface area contributed by atoms with Crippen molar-refractivity contribution in [1.29, 1.82) is 0 Å². The molecule has 2 fully saturated rings. The lowest BCUT2D eigenvalue weighted by molar-refractivity contribution is -0.141. The Balaban J connectivity index is 1.42. The molecular formula is C28H30F3N5O3. The molecule has 4 heterocycles. The van der Waals surface area contributed by atoms with E-state index in [1.54, 1.807) is 12.1 Å². The number of hydrogen-bond acceptors (Lipinski definition) is 7. The molecule has 0 bridgehead atoms. The highest BCUT2D eigenvalue weighted by atomic mass is 19.4. The minimum absolute atomic E-state index is 0.130. The highest BCUT2D eigenvalue weighted by Gasteiger charge is 2.33. The smallest absolute Gasteiger partial charge is 0.433 e. The number of aryl methyl sites for hydroxylation is 1. The van der Waals surface area contributed by atoms with Crippen LogP contribution in [0.3, 0.4) is 0 Å². The summed E-state index contributed by atoms with van der Waals surface area (Å²) in [5.74, 6) is 0.623. The van der Waals surface area contributed by atoms with Gasteiger partial charge in [0.1, 0.15) is 18.1 Å². The first kappa shape index (κ1) is 26.9. The van der Waals surface area contributed by atoms with Gasteiger partial charge in [-0.15, -0.1) is 0 Å². The van der Waals surface area contributed by atoms with Crippen molar-refractivity contribution in [2.24, 2.45) is 0 Å². The first-order valence-electron chi connectivity index (χ1n) is 12.9. The lowest BCUT2D eigenvalue weighted by Crippen LogP contribution is -2.36. The fourth-order valence-electron chi connectivity index (χ4n) is 4.70. The number of halogens is 3. The number of nitrogens with one attached hydrogen (secondary N) is 2. The van der Waals surface area contributed by atoms with Crippen molar-refractivity contribution in [1.82, 2.24) is 15.3 Å². The molecular weight excluding hydrogens is 511 g/mol. The average Bonchev–Trinajstić information content (AvgIpc) is 3.47. The Hall–Kier alpha value is -3.70. The Morgan fingerprint density at radius 2 is 2.00 bits per heavy atom. The van der Waals surface area contributed by atoms with E-state index in [0.717, 1.165) is 54.2 Å². The second kappa shape index (κ2) is 11.6. The molecule has 0 aliphatic carbocycles. The molecule has 1 aromatic carbocycles. The van der Waals surface area contributed by atoms with Gasteiger partial charge in [0.15, 0.2) is 0 Å². The van der Waals surface area contributed by atoms with E-state index in [0.29, 0.717) is 44.5 Å². The first-order chi connectivity index (χ1) is 18.8. The molecule has 39 heavy (non-hydrogen) atoms. The normalized spacial score (nSPS) is 17.7. The van der Waals surface area contributed by atoms with Gasteiger partial charge in [0.2, 0.25) is 5.88 Å². The topological polar surface area (TPSA) is 88.6 Å². The molecule has 0 spiro atoms. The summed E-state index contributed by atoms with van der Waals surface area (Å²) >= 11 is 0. The molecule has 0 radical (unpaired) electrons. The van der Waals surface area contributed by atoms with Crippen LogP contribution in [0.15, 0.2) is 48.7 Å². The Bertz CT molecular complexity index is 1320. The predicted molar refractivity (Wildman–Crippen MR) is 141 cm³/mol. The number of benzene rings is 1. The van der Waals surface area contributed by atoms with Crippen molar-refractivity contribution in [3.8, 4) is 17.0 Å². The summed E-state index contributed by atoms with van der Waals surface area (Å²) in [4.78, 5) is 23.0. The lowest BCUT2D eigenvalue weighted by Gasteiger charge is -2.28. The van der Waals surface area contributed by atoms with Gasteiger partial charge in [0.05, 0.1) is 13.2 Å². The van der Waals surface area contributed by atoms with Crippen molar-refractivity contribution in [3.63, 3.8) is 0 Å². The van der Waals surface area contributed by atoms with E-state index in [4.69, 9.17) is 14.5 Å². The fraction of sp³-hybridized carbons (Fsp3) is 0.393. The van der Waals surface area contributed by atoms with Crippen LogP contribution in [0.25, 0.3) is 11.1 Å². The molecule has 5 rings (SSSR count). The van der Waals surface area contributed by atoms with Crippen molar-refractivity contribution >= 4 is 17.4 Å². The lowest BCUT2D eigenvalue weighted by atomic mass is 10.00. The van der Waals surface area contributed by atoms with Gasteiger partial charge in [0.25, 0.3) is 5.91 Å². The average molecular weight is 542 g/mol. The van der Waals surface area contributed by atoms with Gasteiger partial charge in [0, 0.05) is 42.6 Å². The second-order valence-electron chi connectivity index (χ2n) is 9.67. The van der Waals surface area contributed by atoms with Gasteiger partial charge in [-0.3, -0.25) is 9.78 Å². The number of ether oxygens (including phenoxy) is 2. The van der Waals surface area contributed by atoms with E-state index < -0.39 is 17.8 Å². The van der Waals surface area contributed by atoms with Crippen LogP contribution < -0.4 is 20.3 Å². The molecule has 1 atom stereocenters. The number of amides is 1. The number of morpholine rings is 1. The first-order valence-corrected chi connectivity index (χ1v) is 12.9. The van der Waals surface area contributed by atoms with Crippen LogP contribution in [-0.2, 0) is 10.9 Å². The Labute approximate surface area is 224 Å². The Kier molecular flexibility index (Phi) is 7.99. The number of aromatic nitrogens is 2. The van der Waals surface area contributed by atoms with Crippen LogP contribution in [0.5, 0.6) is 5.88 Å². The minimum atomic E-state index is -4.64.